The molecule has 0 aliphatic carbocycles. The summed E-state index contributed by atoms with van der Waals surface area (Å²) in [7, 11) is 0. The van der Waals surface area contributed by atoms with Crippen LogP contribution in [0.2, 0.25) is 10.0 Å². The minimum Gasteiger partial charge on any atom is -0.326 e. The molecule has 3 aromatic carbocycles. The van der Waals surface area contributed by atoms with Gasteiger partial charge in [-0.25, -0.2) is 0 Å². The van der Waals surface area contributed by atoms with E-state index >= 15 is 0 Å². The van der Waals surface area contributed by atoms with Crippen molar-refractivity contribution >= 4 is 34.8 Å². The zero-order valence-electron chi connectivity index (χ0n) is 13.0. The van der Waals surface area contributed by atoms with Crippen LogP contribution in [0, 0.1) is 0 Å². The Morgan fingerprint density at radius 1 is 0.750 bits per heavy atom. The van der Waals surface area contributed by atoms with Gasteiger partial charge in [-0.1, -0.05) is 65.7 Å². The highest BCUT2D eigenvalue weighted by Crippen LogP contribution is 2.32. The average Bonchev–Trinajstić information content (AvgIpc) is 2.55. The van der Waals surface area contributed by atoms with Gasteiger partial charge in [-0.3, -0.25) is 4.79 Å². The van der Waals surface area contributed by atoms with Crippen LogP contribution in [-0.2, 0) is 4.79 Å². The monoisotopic (exact) mass is 355 g/mol. The summed E-state index contributed by atoms with van der Waals surface area (Å²) in [4.78, 5) is 11.4. The van der Waals surface area contributed by atoms with Crippen LogP contribution in [0.3, 0.4) is 0 Å². The Labute approximate surface area is 151 Å². The SMILES string of the molecule is CC(=O)Nc1cc(Cl)ccc1-c1ccc(-c2ccc(Cl)cc2)cc1. The lowest BCUT2D eigenvalue weighted by molar-refractivity contribution is -0.114. The fourth-order valence-electron chi connectivity index (χ4n) is 2.55. The molecule has 0 heterocycles. The number of halogens is 2. The second-order valence-electron chi connectivity index (χ2n) is 5.46. The van der Waals surface area contributed by atoms with Crippen molar-refractivity contribution < 1.29 is 4.79 Å². The molecule has 2 nitrogen and oxygen atoms in total. The van der Waals surface area contributed by atoms with Crippen LogP contribution in [-0.4, -0.2) is 5.91 Å². The second-order valence-corrected chi connectivity index (χ2v) is 6.33. The highest BCUT2D eigenvalue weighted by molar-refractivity contribution is 6.31. The molecule has 0 radical (unpaired) electrons. The maximum Gasteiger partial charge on any atom is 0.221 e. The van der Waals surface area contributed by atoms with Crippen LogP contribution < -0.4 is 5.32 Å². The van der Waals surface area contributed by atoms with Gasteiger partial charge in [-0.2, -0.15) is 0 Å². The Morgan fingerprint density at radius 3 is 1.83 bits per heavy atom. The molecule has 0 aliphatic heterocycles. The molecule has 3 rings (SSSR count). The van der Waals surface area contributed by atoms with Gasteiger partial charge in [0.05, 0.1) is 5.69 Å². The molecule has 0 aliphatic rings. The lowest BCUT2D eigenvalue weighted by Crippen LogP contribution is -2.06. The Hall–Kier alpha value is -2.29. The molecule has 120 valence electrons. The molecular weight excluding hydrogens is 341 g/mol. The third-order valence-electron chi connectivity index (χ3n) is 3.67. The molecule has 0 aromatic heterocycles. The maximum absolute atomic E-state index is 11.4. The molecule has 1 N–H and O–H groups in total. The van der Waals surface area contributed by atoms with E-state index in [0.717, 1.165) is 27.3 Å². The van der Waals surface area contributed by atoms with Gasteiger partial charge in [-0.15, -0.1) is 0 Å². The van der Waals surface area contributed by atoms with Crippen LogP contribution in [0.5, 0.6) is 0 Å². The third-order valence-corrected chi connectivity index (χ3v) is 4.15. The van der Waals surface area contributed by atoms with Crippen molar-refractivity contribution in [2.45, 2.75) is 6.92 Å². The molecule has 1 amide bonds. The predicted molar refractivity (Wildman–Crippen MR) is 102 cm³/mol. The summed E-state index contributed by atoms with van der Waals surface area (Å²) in [6, 6.07) is 21.3. The molecule has 3 aromatic rings. The molecule has 0 fully saturated rings. The molecule has 4 heteroatoms. The summed E-state index contributed by atoms with van der Waals surface area (Å²) in [6.07, 6.45) is 0. The number of benzene rings is 3. The topological polar surface area (TPSA) is 29.1 Å². The minimum atomic E-state index is -0.128. The van der Waals surface area contributed by atoms with E-state index in [9.17, 15) is 4.79 Å². The summed E-state index contributed by atoms with van der Waals surface area (Å²) in [5, 5.41) is 4.13. The van der Waals surface area contributed by atoms with Gasteiger partial charge in [0.2, 0.25) is 5.91 Å². The van der Waals surface area contributed by atoms with E-state index in [4.69, 9.17) is 23.2 Å². The number of anilines is 1. The highest BCUT2D eigenvalue weighted by Gasteiger charge is 2.08. The van der Waals surface area contributed by atoms with Crippen LogP contribution in [0.15, 0.2) is 66.7 Å². The Balaban J connectivity index is 1.96. The van der Waals surface area contributed by atoms with E-state index in [1.807, 2.05) is 60.7 Å². The summed E-state index contributed by atoms with van der Waals surface area (Å²) in [5.74, 6) is -0.128. The first-order chi connectivity index (χ1) is 11.5. The van der Waals surface area contributed by atoms with Crippen LogP contribution in [0.1, 0.15) is 6.92 Å². The number of nitrogens with one attached hydrogen (secondary N) is 1. The van der Waals surface area contributed by atoms with Gasteiger partial charge < -0.3 is 5.32 Å². The van der Waals surface area contributed by atoms with E-state index in [-0.39, 0.29) is 5.91 Å². The normalized spacial score (nSPS) is 10.5. The molecular formula is C20H15Cl2NO. The summed E-state index contributed by atoms with van der Waals surface area (Å²) in [6.45, 7) is 1.48. The first-order valence-corrected chi connectivity index (χ1v) is 8.22. The largest absolute Gasteiger partial charge is 0.326 e. The van der Waals surface area contributed by atoms with Gasteiger partial charge in [-0.05, 0) is 41.0 Å². The summed E-state index contributed by atoms with van der Waals surface area (Å²) < 4.78 is 0. The van der Waals surface area contributed by atoms with E-state index in [0.29, 0.717) is 10.7 Å². The van der Waals surface area contributed by atoms with Crippen molar-refractivity contribution in [3.05, 3.63) is 76.8 Å². The average molecular weight is 356 g/mol. The standard InChI is InChI=1S/C20H15Cl2NO/c1-13(24)23-20-12-18(22)10-11-19(20)16-4-2-14(3-5-16)15-6-8-17(21)9-7-15/h2-12H,1H3,(H,23,24). The van der Waals surface area contributed by atoms with Crippen molar-refractivity contribution in [2.24, 2.45) is 0 Å². The molecule has 0 bridgehead atoms. The molecule has 0 saturated heterocycles. The zero-order chi connectivity index (χ0) is 17.1. The smallest absolute Gasteiger partial charge is 0.221 e. The molecule has 0 atom stereocenters. The van der Waals surface area contributed by atoms with Gasteiger partial charge in [0.1, 0.15) is 0 Å². The number of hydrogen-bond acceptors (Lipinski definition) is 1. The Kier molecular flexibility index (Phi) is 4.89. The third kappa shape index (κ3) is 3.78. The fourth-order valence-corrected chi connectivity index (χ4v) is 2.84. The number of hydrogen-bond donors (Lipinski definition) is 1. The van der Waals surface area contributed by atoms with Crippen molar-refractivity contribution in [3.8, 4) is 22.3 Å². The van der Waals surface area contributed by atoms with E-state index < -0.39 is 0 Å². The minimum absolute atomic E-state index is 0.128. The lowest BCUT2D eigenvalue weighted by atomic mass is 9.99. The molecule has 0 unspecified atom stereocenters. The molecule has 24 heavy (non-hydrogen) atoms. The summed E-state index contributed by atoms with van der Waals surface area (Å²) >= 11 is 12.0. The molecule has 0 spiro atoms. The van der Waals surface area contributed by atoms with Gasteiger partial charge in [0.15, 0.2) is 0 Å². The van der Waals surface area contributed by atoms with Crippen LogP contribution >= 0.6 is 23.2 Å². The van der Waals surface area contributed by atoms with Crippen LogP contribution in [0.25, 0.3) is 22.3 Å². The Bertz CT molecular complexity index is 871. The lowest BCUT2D eigenvalue weighted by Gasteiger charge is -2.11. The van der Waals surface area contributed by atoms with E-state index in [1.165, 1.54) is 6.92 Å². The van der Waals surface area contributed by atoms with Crippen LogP contribution in [0.4, 0.5) is 5.69 Å². The zero-order valence-corrected chi connectivity index (χ0v) is 14.5. The maximum atomic E-state index is 11.4. The highest BCUT2D eigenvalue weighted by atomic mass is 35.5. The van der Waals surface area contributed by atoms with E-state index in [1.54, 1.807) is 6.07 Å². The van der Waals surface area contributed by atoms with E-state index in [2.05, 4.69) is 5.32 Å². The van der Waals surface area contributed by atoms with Crippen molar-refractivity contribution in [1.29, 1.82) is 0 Å². The van der Waals surface area contributed by atoms with Crippen molar-refractivity contribution in [3.63, 3.8) is 0 Å². The van der Waals surface area contributed by atoms with Gasteiger partial charge >= 0.3 is 0 Å². The summed E-state index contributed by atoms with van der Waals surface area (Å²) in [5.41, 5.74) is 4.84. The predicted octanol–water partition coefficient (Wildman–Crippen LogP) is 6.29. The van der Waals surface area contributed by atoms with Crippen molar-refractivity contribution in [1.82, 2.24) is 0 Å². The number of rotatable bonds is 3. The quantitative estimate of drug-likeness (QED) is 0.587. The Morgan fingerprint density at radius 2 is 1.25 bits per heavy atom. The second kappa shape index (κ2) is 7.08. The fraction of sp³-hybridized carbons (Fsp3) is 0.0500. The van der Waals surface area contributed by atoms with Gasteiger partial charge in [0, 0.05) is 22.5 Å². The van der Waals surface area contributed by atoms with Gasteiger partial charge in [0.25, 0.3) is 0 Å². The first kappa shape index (κ1) is 16.6. The number of amides is 1. The molecule has 0 saturated carbocycles. The first-order valence-electron chi connectivity index (χ1n) is 7.46. The van der Waals surface area contributed by atoms with Crippen molar-refractivity contribution in [2.75, 3.05) is 5.32 Å². The number of carbonyl (C=O) groups excluding carboxylic acids is 1. The number of carbonyl (C=O) groups is 1.